The highest BCUT2D eigenvalue weighted by molar-refractivity contribution is 7.09. The molecule has 90 valence electrons. The summed E-state index contributed by atoms with van der Waals surface area (Å²) in [5.74, 6) is 1.76. The topological polar surface area (TPSA) is 77.6 Å². The van der Waals surface area contributed by atoms with Gasteiger partial charge in [-0.1, -0.05) is 6.92 Å². The molecule has 0 aliphatic rings. The number of hydrogen-bond acceptors (Lipinski definition) is 6. The molecule has 2 aromatic heterocycles. The van der Waals surface area contributed by atoms with Crippen LogP contribution in [0.2, 0.25) is 0 Å². The number of aryl methyl sites for hydroxylation is 2. The normalized spacial score (nSPS) is 10.7. The molecule has 2 heterocycles. The summed E-state index contributed by atoms with van der Waals surface area (Å²) in [5, 5.41) is 3.07. The summed E-state index contributed by atoms with van der Waals surface area (Å²) in [6.45, 7) is 4.07. The van der Waals surface area contributed by atoms with Gasteiger partial charge in [0.1, 0.15) is 11.6 Å². The van der Waals surface area contributed by atoms with Crippen molar-refractivity contribution in [1.82, 2.24) is 19.9 Å². The van der Waals surface area contributed by atoms with Crippen LogP contribution in [0.1, 0.15) is 35.7 Å². The van der Waals surface area contributed by atoms with Crippen LogP contribution in [0.5, 0.6) is 0 Å². The maximum atomic E-state index is 5.67. The van der Waals surface area contributed by atoms with Crippen LogP contribution in [0.15, 0.2) is 5.38 Å². The predicted octanol–water partition coefficient (Wildman–Crippen LogP) is 1.76. The Labute approximate surface area is 104 Å². The fourth-order valence-electron chi connectivity index (χ4n) is 1.55. The van der Waals surface area contributed by atoms with E-state index in [9.17, 15) is 0 Å². The second-order valence-corrected chi connectivity index (χ2v) is 4.87. The zero-order valence-electron chi connectivity index (χ0n) is 9.97. The number of rotatable bonds is 4. The molecule has 0 spiro atoms. The van der Waals surface area contributed by atoms with Crippen molar-refractivity contribution in [2.24, 2.45) is 0 Å². The number of aromatic nitrogens is 4. The molecule has 6 heteroatoms. The zero-order valence-corrected chi connectivity index (χ0v) is 10.8. The molecule has 0 fully saturated rings. The van der Waals surface area contributed by atoms with Gasteiger partial charge in [0.05, 0.1) is 17.1 Å². The third-order valence-corrected chi connectivity index (χ3v) is 3.05. The van der Waals surface area contributed by atoms with E-state index in [1.54, 1.807) is 11.3 Å². The average molecular weight is 249 g/mol. The van der Waals surface area contributed by atoms with E-state index in [1.807, 2.05) is 12.3 Å². The molecule has 0 aromatic carbocycles. The van der Waals surface area contributed by atoms with Gasteiger partial charge in [0.2, 0.25) is 5.95 Å². The largest absolute Gasteiger partial charge is 0.368 e. The number of hydrogen-bond donors (Lipinski definition) is 1. The molecule has 0 amide bonds. The van der Waals surface area contributed by atoms with E-state index in [0.29, 0.717) is 18.2 Å². The maximum absolute atomic E-state index is 5.67. The average Bonchev–Trinajstić information content (AvgIpc) is 2.63. The molecule has 0 radical (unpaired) electrons. The molecule has 17 heavy (non-hydrogen) atoms. The van der Waals surface area contributed by atoms with Crippen LogP contribution in [-0.2, 0) is 12.8 Å². The van der Waals surface area contributed by atoms with Gasteiger partial charge in [0.15, 0.2) is 0 Å². The first-order valence-electron chi connectivity index (χ1n) is 5.57. The third-order valence-electron chi connectivity index (χ3n) is 2.22. The van der Waals surface area contributed by atoms with E-state index in [2.05, 4.69) is 26.9 Å². The minimum Gasteiger partial charge on any atom is -0.368 e. The molecule has 0 unspecified atom stereocenters. The SMILES string of the molecule is CCCc1nc(N)nc(Cc2csc(C)n2)n1. The first-order chi connectivity index (χ1) is 8.17. The van der Waals surface area contributed by atoms with Crippen LogP contribution in [0.4, 0.5) is 5.95 Å². The highest BCUT2D eigenvalue weighted by Crippen LogP contribution is 2.11. The molecular weight excluding hydrogens is 234 g/mol. The summed E-state index contributed by atoms with van der Waals surface area (Å²) in [6, 6.07) is 0. The Bertz CT molecular complexity index is 508. The molecule has 0 aliphatic carbocycles. The molecule has 0 saturated heterocycles. The summed E-state index contributed by atoms with van der Waals surface area (Å²) < 4.78 is 0. The van der Waals surface area contributed by atoms with Gasteiger partial charge >= 0.3 is 0 Å². The van der Waals surface area contributed by atoms with Gasteiger partial charge in [-0.3, -0.25) is 0 Å². The summed E-state index contributed by atoms with van der Waals surface area (Å²) in [5.41, 5.74) is 6.66. The second kappa shape index (κ2) is 5.18. The van der Waals surface area contributed by atoms with Gasteiger partial charge in [-0.25, -0.2) is 9.97 Å². The molecule has 0 bridgehead atoms. The number of nitrogen functional groups attached to an aromatic ring is 1. The lowest BCUT2D eigenvalue weighted by atomic mass is 10.3. The molecule has 2 aromatic rings. The van der Waals surface area contributed by atoms with Gasteiger partial charge in [-0.15, -0.1) is 11.3 Å². The smallest absolute Gasteiger partial charge is 0.223 e. The predicted molar refractivity (Wildman–Crippen MR) is 67.9 cm³/mol. The van der Waals surface area contributed by atoms with Crippen molar-refractivity contribution in [1.29, 1.82) is 0 Å². The van der Waals surface area contributed by atoms with E-state index in [4.69, 9.17) is 5.73 Å². The lowest BCUT2D eigenvalue weighted by Gasteiger charge is -2.02. The van der Waals surface area contributed by atoms with Crippen molar-refractivity contribution < 1.29 is 0 Å². The lowest BCUT2D eigenvalue weighted by Crippen LogP contribution is -2.08. The van der Waals surface area contributed by atoms with Gasteiger partial charge in [-0.05, 0) is 13.3 Å². The van der Waals surface area contributed by atoms with E-state index < -0.39 is 0 Å². The van der Waals surface area contributed by atoms with Crippen LogP contribution in [0, 0.1) is 6.92 Å². The molecule has 2 rings (SSSR count). The first kappa shape index (κ1) is 11.9. The Kier molecular flexibility index (Phi) is 3.63. The molecule has 0 aliphatic heterocycles. The summed E-state index contributed by atoms with van der Waals surface area (Å²) in [7, 11) is 0. The van der Waals surface area contributed by atoms with Crippen molar-refractivity contribution >= 4 is 17.3 Å². The summed E-state index contributed by atoms with van der Waals surface area (Å²) in [4.78, 5) is 17.0. The van der Waals surface area contributed by atoms with Gasteiger partial charge in [-0.2, -0.15) is 9.97 Å². The minimum atomic E-state index is 0.297. The highest BCUT2D eigenvalue weighted by Gasteiger charge is 2.07. The Balaban J connectivity index is 2.20. The maximum Gasteiger partial charge on any atom is 0.223 e. The van der Waals surface area contributed by atoms with Gasteiger partial charge in [0, 0.05) is 11.8 Å². The van der Waals surface area contributed by atoms with Gasteiger partial charge in [0.25, 0.3) is 0 Å². The van der Waals surface area contributed by atoms with Crippen molar-refractivity contribution in [2.75, 3.05) is 5.73 Å². The van der Waals surface area contributed by atoms with Crippen molar-refractivity contribution in [2.45, 2.75) is 33.1 Å². The Morgan fingerprint density at radius 1 is 1.18 bits per heavy atom. The zero-order chi connectivity index (χ0) is 12.3. The molecule has 2 N–H and O–H groups in total. The van der Waals surface area contributed by atoms with Crippen LogP contribution in [-0.4, -0.2) is 19.9 Å². The van der Waals surface area contributed by atoms with Crippen LogP contribution >= 0.6 is 11.3 Å². The second-order valence-electron chi connectivity index (χ2n) is 3.81. The fraction of sp³-hybridized carbons (Fsp3) is 0.455. The van der Waals surface area contributed by atoms with E-state index in [-0.39, 0.29) is 0 Å². The summed E-state index contributed by atoms with van der Waals surface area (Å²) in [6.07, 6.45) is 2.45. The Morgan fingerprint density at radius 3 is 2.59 bits per heavy atom. The third kappa shape index (κ3) is 3.20. The van der Waals surface area contributed by atoms with Crippen LogP contribution in [0.3, 0.4) is 0 Å². The lowest BCUT2D eigenvalue weighted by molar-refractivity contribution is 0.789. The monoisotopic (exact) mass is 249 g/mol. The van der Waals surface area contributed by atoms with E-state index in [1.165, 1.54) is 0 Å². The standard InChI is InChI=1S/C11H15N5S/c1-3-4-9-14-10(16-11(12)15-9)5-8-6-17-7(2)13-8/h6H,3-5H2,1-2H3,(H2,12,14,15,16). The molecule has 5 nitrogen and oxygen atoms in total. The first-order valence-corrected chi connectivity index (χ1v) is 6.45. The van der Waals surface area contributed by atoms with Crippen molar-refractivity contribution in [3.8, 4) is 0 Å². The molecular formula is C11H15N5S. The summed E-state index contributed by atoms with van der Waals surface area (Å²) >= 11 is 1.63. The van der Waals surface area contributed by atoms with Crippen molar-refractivity contribution in [3.05, 3.63) is 27.7 Å². The number of anilines is 1. The van der Waals surface area contributed by atoms with E-state index in [0.717, 1.165) is 29.4 Å². The van der Waals surface area contributed by atoms with Crippen molar-refractivity contribution in [3.63, 3.8) is 0 Å². The number of thiazole rings is 1. The van der Waals surface area contributed by atoms with E-state index >= 15 is 0 Å². The quantitative estimate of drug-likeness (QED) is 0.893. The highest BCUT2D eigenvalue weighted by atomic mass is 32.1. The fourth-order valence-corrected chi connectivity index (χ4v) is 2.17. The van der Waals surface area contributed by atoms with Gasteiger partial charge < -0.3 is 5.73 Å². The van der Waals surface area contributed by atoms with Crippen LogP contribution in [0.25, 0.3) is 0 Å². The number of nitrogens with two attached hydrogens (primary N) is 1. The minimum absolute atomic E-state index is 0.297. The Hall–Kier alpha value is -1.56. The molecule has 0 atom stereocenters. The van der Waals surface area contributed by atoms with Crippen LogP contribution < -0.4 is 5.73 Å². The number of nitrogens with zero attached hydrogens (tertiary/aromatic N) is 4. The Morgan fingerprint density at radius 2 is 1.94 bits per heavy atom. The molecule has 0 saturated carbocycles.